The lowest BCUT2D eigenvalue weighted by molar-refractivity contribution is -0.139. The number of nitrogens with two attached hydrogens (primary N) is 2. The number of methoxy groups -OCH3 is 1. The number of alkyl halides is 2. The first-order chi connectivity index (χ1) is 8.01. The number of carbonyl (C=O) groups excluding carboxylic acids is 1. The Kier molecular flexibility index (Phi) is 4.33. The molecule has 0 aliphatic carbocycles. The maximum Gasteiger partial charge on any atom is 0.310 e. The van der Waals surface area contributed by atoms with Gasteiger partial charge < -0.3 is 16.2 Å². The fourth-order valence-corrected chi connectivity index (χ4v) is 1.47. The molecule has 1 heterocycles. The van der Waals surface area contributed by atoms with Crippen LogP contribution in [0.1, 0.15) is 23.1 Å². The highest BCUT2D eigenvalue weighted by atomic mass is 19.3. The molecule has 17 heavy (non-hydrogen) atoms. The molecule has 0 spiro atoms. The molecule has 0 fully saturated rings. The summed E-state index contributed by atoms with van der Waals surface area (Å²) in [5, 5.41) is 0. The van der Waals surface area contributed by atoms with Gasteiger partial charge in [-0.05, 0) is 11.1 Å². The van der Waals surface area contributed by atoms with E-state index < -0.39 is 18.0 Å². The molecule has 1 aromatic heterocycles. The van der Waals surface area contributed by atoms with Gasteiger partial charge in [-0.15, -0.1) is 0 Å². The molecule has 5 nitrogen and oxygen atoms in total. The van der Waals surface area contributed by atoms with E-state index in [0.717, 1.165) is 0 Å². The number of halogens is 2. The minimum atomic E-state index is -2.81. The first kappa shape index (κ1) is 13.3. The molecule has 0 saturated carbocycles. The monoisotopic (exact) mass is 245 g/mol. The number of rotatable bonds is 4. The van der Waals surface area contributed by atoms with Gasteiger partial charge >= 0.3 is 5.97 Å². The highest BCUT2D eigenvalue weighted by molar-refractivity contribution is 5.74. The van der Waals surface area contributed by atoms with Crippen LogP contribution in [0.15, 0.2) is 6.20 Å². The van der Waals surface area contributed by atoms with Gasteiger partial charge in [-0.2, -0.15) is 0 Å². The van der Waals surface area contributed by atoms with E-state index in [0.29, 0.717) is 5.56 Å². The zero-order valence-corrected chi connectivity index (χ0v) is 9.24. The molecule has 0 bridgehead atoms. The lowest BCUT2D eigenvalue weighted by atomic mass is 10.0. The lowest BCUT2D eigenvalue weighted by Crippen LogP contribution is -2.14. The van der Waals surface area contributed by atoms with Crippen LogP contribution in [0.25, 0.3) is 0 Å². The minimum Gasteiger partial charge on any atom is -0.469 e. The Morgan fingerprint density at radius 3 is 2.71 bits per heavy atom. The molecule has 0 unspecified atom stereocenters. The predicted molar refractivity (Wildman–Crippen MR) is 57.2 cm³/mol. The second kappa shape index (κ2) is 5.53. The van der Waals surface area contributed by atoms with Gasteiger partial charge in [-0.25, -0.2) is 13.8 Å². The van der Waals surface area contributed by atoms with E-state index in [2.05, 4.69) is 9.72 Å². The fraction of sp³-hybridized carbons (Fsp3) is 0.400. The van der Waals surface area contributed by atoms with Gasteiger partial charge in [0.05, 0.1) is 19.1 Å². The van der Waals surface area contributed by atoms with Crippen molar-refractivity contribution in [2.24, 2.45) is 5.73 Å². The number of hydrogen-bond acceptors (Lipinski definition) is 5. The smallest absolute Gasteiger partial charge is 0.310 e. The first-order valence-corrected chi connectivity index (χ1v) is 4.82. The van der Waals surface area contributed by atoms with E-state index in [-0.39, 0.29) is 24.3 Å². The zero-order valence-electron chi connectivity index (χ0n) is 9.24. The Morgan fingerprint density at radius 2 is 2.24 bits per heavy atom. The van der Waals surface area contributed by atoms with Gasteiger partial charge in [0, 0.05) is 12.7 Å². The van der Waals surface area contributed by atoms with Crippen LogP contribution in [0, 0.1) is 0 Å². The van der Waals surface area contributed by atoms with Gasteiger partial charge in [-0.3, -0.25) is 4.79 Å². The van der Waals surface area contributed by atoms with Crippen molar-refractivity contribution in [1.82, 2.24) is 4.98 Å². The molecular formula is C10H13F2N3O2. The third-order valence-electron chi connectivity index (χ3n) is 2.34. The molecular weight excluding hydrogens is 232 g/mol. The summed E-state index contributed by atoms with van der Waals surface area (Å²) >= 11 is 0. The largest absolute Gasteiger partial charge is 0.469 e. The van der Waals surface area contributed by atoms with Crippen LogP contribution >= 0.6 is 0 Å². The van der Waals surface area contributed by atoms with Crippen LogP contribution in [-0.2, 0) is 22.5 Å². The van der Waals surface area contributed by atoms with Gasteiger partial charge in [0.1, 0.15) is 5.82 Å². The van der Waals surface area contributed by atoms with Crippen LogP contribution in [0.2, 0.25) is 0 Å². The van der Waals surface area contributed by atoms with Crippen molar-refractivity contribution in [1.29, 1.82) is 0 Å². The number of pyridine rings is 1. The molecule has 7 heteroatoms. The van der Waals surface area contributed by atoms with E-state index in [4.69, 9.17) is 11.5 Å². The van der Waals surface area contributed by atoms with Crippen LogP contribution in [0.5, 0.6) is 0 Å². The Bertz CT molecular complexity index is 424. The first-order valence-electron chi connectivity index (χ1n) is 4.82. The number of aromatic nitrogens is 1. The average molecular weight is 245 g/mol. The molecule has 0 aromatic carbocycles. The fourth-order valence-electron chi connectivity index (χ4n) is 1.47. The predicted octanol–water partition coefficient (Wildman–Crippen LogP) is 0.776. The Balaban J connectivity index is 3.29. The normalized spacial score (nSPS) is 10.6. The van der Waals surface area contributed by atoms with Gasteiger partial charge in [0.25, 0.3) is 6.43 Å². The van der Waals surface area contributed by atoms with Crippen LogP contribution in [0.3, 0.4) is 0 Å². The van der Waals surface area contributed by atoms with Crippen LogP contribution in [-0.4, -0.2) is 18.1 Å². The van der Waals surface area contributed by atoms with Crippen molar-refractivity contribution in [2.45, 2.75) is 19.4 Å². The summed E-state index contributed by atoms with van der Waals surface area (Å²) in [5.74, 6) is -0.927. The number of anilines is 1. The molecule has 0 amide bonds. The lowest BCUT2D eigenvalue weighted by Gasteiger charge is -2.14. The van der Waals surface area contributed by atoms with E-state index >= 15 is 0 Å². The molecule has 0 aliphatic rings. The summed E-state index contributed by atoms with van der Waals surface area (Å²) in [7, 11) is 1.18. The van der Waals surface area contributed by atoms with Crippen molar-refractivity contribution < 1.29 is 18.3 Å². The minimum absolute atomic E-state index is 0.000667. The van der Waals surface area contributed by atoms with Crippen molar-refractivity contribution in [3.8, 4) is 0 Å². The molecule has 1 rings (SSSR count). The number of carbonyl (C=O) groups is 1. The summed E-state index contributed by atoms with van der Waals surface area (Å²) in [5.41, 5.74) is 10.8. The highest BCUT2D eigenvalue weighted by Gasteiger charge is 2.22. The quantitative estimate of drug-likeness (QED) is 0.765. The number of nitrogen functional groups attached to an aromatic ring is 1. The van der Waals surface area contributed by atoms with Gasteiger partial charge in [0.15, 0.2) is 0 Å². The van der Waals surface area contributed by atoms with Crippen molar-refractivity contribution >= 4 is 11.8 Å². The Hall–Kier alpha value is -1.76. The summed E-state index contributed by atoms with van der Waals surface area (Å²) in [6.45, 7) is -0.000667. The number of esters is 1. The molecule has 0 atom stereocenters. The summed E-state index contributed by atoms with van der Waals surface area (Å²) in [6, 6.07) is 0. The average Bonchev–Trinajstić information content (AvgIpc) is 2.28. The number of ether oxygens (including phenoxy) is 1. The molecule has 0 saturated heterocycles. The van der Waals surface area contributed by atoms with E-state index in [1.807, 2.05) is 0 Å². The van der Waals surface area contributed by atoms with E-state index in [1.54, 1.807) is 0 Å². The summed E-state index contributed by atoms with van der Waals surface area (Å²) in [4.78, 5) is 14.8. The molecule has 94 valence electrons. The standard InChI is InChI=1S/C10H13F2N3O2/c1-17-7(16)2-6-5(3-13)4-15-10(14)8(6)9(11)12/h4,9H,2-3,13H2,1H3,(H2,14,15). The van der Waals surface area contributed by atoms with Crippen LogP contribution < -0.4 is 11.5 Å². The number of nitrogens with zero attached hydrogens (tertiary/aromatic N) is 1. The van der Waals surface area contributed by atoms with Crippen molar-refractivity contribution in [3.05, 3.63) is 22.9 Å². The second-order valence-electron chi connectivity index (χ2n) is 3.32. The Morgan fingerprint density at radius 1 is 1.59 bits per heavy atom. The zero-order chi connectivity index (χ0) is 13.0. The summed E-state index contributed by atoms with van der Waals surface area (Å²) < 4.78 is 30.1. The molecule has 4 N–H and O–H groups in total. The molecule has 0 radical (unpaired) electrons. The molecule has 1 aromatic rings. The maximum atomic E-state index is 12.8. The topological polar surface area (TPSA) is 91.2 Å². The van der Waals surface area contributed by atoms with Gasteiger partial charge in [-0.1, -0.05) is 0 Å². The third-order valence-corrected chi connectivity index (χ3v) is 2.34. The van der Waals surface area contributed by atoms with E-state index in [1.165, 1.54) is 13.3 Å². The van der Waals surface area contributed by atoms with Crippen molar-refractivity contribution in [3.63, 3.8) is 0 Å². The highest BCUT2D eigenvalue weighted by Crippen LogP contribution is 2.29. The maximum absolute atomic E-state index is 12.8. The second-order valence-corrected chi connectivity index (χ2v) is 3.32. The van der Waals surface area contributed by atoms with Crippen molar-refractivity contribution in [2.75, 3.05) is 12.8 Å². The molecule has 0 aliphatic heterocycles. The van der Waals surface area contributed by atoms with Crippen LogP contribution in [0.4, 0.5) is 14.6 Å². The summed E-state index contributed by atoms with van der Waals surface area (Å²) in [6.07, 6.45) is -1.82. The SMILES string of the molecule is COC(=O)Cc1c(CN)cnc(N)c1C(F)F. The van der Waals surface area contributed by atoms with E-state index in [9.17, 15) is 13.6 Å². The third kappa shape index (κ3) is 2.88. The number of hydrogen-bond donors (Lipinski definition) is 2. The Labute approximate surface area is 96.8 Å². The van der Waals surface area contributed by atoms with Gasteiger partial charge in [0.2, 0.25) is 0 Å².